The summed E-state index contributed by atoms with van der Waals surface area (Å²) in [4.78, 5) is 9.92. The second-order valence-electron chi connectivity index (χ2n) is 3.90. The normalized spacial score (nSPS) is 19.9. The lowest BCUT2D eigenvalue weighted by Crippen LogP contribution is -2.39. The van der Waals surface area contributed by atoms with Crippen LogP contribution in [-0.4, -0.2) is 45.8 Å². The maximum Gasteiger partial charge on any atom is 0.300 e. The maximum atomic E-state index is 12.0. The molecule has 0 aromatic carbocycles. The van der Waals surface area contributed by atoms with Gasteiger partial charge in [0.15, 0.2) is 4.34 Å². The Morgan fingerprint density at radius 1 is 1.55 bits per heavy atom. The molecule has 0 aliphatic carbocycles. The first-order valence-electron chi connectivity index (χ1n) is 5.53. The molecule has 2 heterocycles. The SMILES string of the molecule is O=[N+]([O-])c1cc(S(=O)(=O)NCC2COCCO2)sc1Cl. The van der Waals surface area contributed by atoms with E-state index in [1.807, 2.05) is 0 Å². The fourth-order valence-corrected chi connectivity index (χ4v) is 4.30. The lowest BCUT2D eigenvalue weighted by atomic mass is 10.3. The molecule has 0 saturated carbocycles. The van der Waals surface area contributed by atoms with Crippen molar-refractivity contribution >= 4 is 38.6 Å². The molecule has 0 bridgehead atoms. The quantitative estimate of drug-likeness (QED) is 0.632. The number of nitrogens with one attached hydrogen (secondary N) is 1. The van der Waals surface area contributed by atoms with Crippen molar-refractivity contribution in [3.8, 4) is 0 Å². The van der Waals surface area contributed by atoms with E-state index in [4.69, 9.17) is 21.1 Å². The Balaban J connectivity index is 2.06. The van der Waals surface area contributed by atoms with Crippen molar-refractivity contribution in [2.75, 3.05) is 26.4 Å². The minimum Gasteiger partial charge on any atom is -0.376 e. The third kappa shape index (κ3) is 3.65. The fourth-order valence-electron chi connectivity index (χ4n) is 1.52. The molecule has 11 heteroatoms. The van der Waals surface area contributed by atoms with Crippen molar-refractivity contribution < 1.29 is 22.8 Å². The summed E-state index contributed by atoms with van der Waals surface area (Å²) < 4.78 is 36.3. The first-order chi connectivity index (χ1) is 9.40. The molecule has 1 aromatic rings. The van der Waals surface area contributed by atoms with E-state index in [1.165, 1.54) is 0 Å². The Morgan fingerprint density at radius 3 is 2.85 bits per heavy atom. The number of nitrogens with zero attached hydrogens (tertiary/aromatic N) is 1. The predicted molar refractivity (Wildman–Crippen MR) is 71.7 cm³/mol. The van der Waals surface area contributed by atoms with Crippen molar-refractivity contribution in [2.24, 2.45) is 0 Å². The van der Waals surface area contributed by atoms with Crippen LogP contribution in [0.1, 0.15) is 0 Å². The number of hydrogen-bond donors (Lipinski definition) is 1. The van der Waals surface area contributed by atoms with Gasteiger partial charge in [0.25, 0.3) is 5.69 Å². The number of ether oxygens (including phenoxy) is 2. The molecule has 1 N–H and O–H groups in total. The number of thiophene rings is 1. The van der Waals surface area contributed by atoms with Crippen LogP contribution in [-0.2, 0) is 19.5 Å². The average Bonchev–Trinajstić information content (AvgIpc) is 2.81. The van der Waals surface area contributed by atoms with E-state index in [2.05, 4.69) is 4.72 Å². The minimum atomic E-state index is -3.85. The highest BCUT2D eigenvalue weighted by Gasteiger charge is 2.26. The third-order valence-corrected chi connectivity index (χ3v) is 5.73. The second-order valence-corrected chi connectivity index (χ2v) is 7.55. The molecule has 8 nitrogen and oxygen atoms in total. The lowest BCUT2D eigenvalue weighted by molar-refractivity contribution is -0.384. The number of nitro groups is 1. The molecule has 1 fully saturated rings. The van der Waals surface area contributed by atoms with E-state index in [1.54, 1.807) is 0 Å². The first kappa shape index (κ1) is 15.6. The second kappa shape index (κ2) is 6.33. The molecule has 0 radical (unpaired) electrons. The van der Waals surface area contributed by atoms with Crippen LogP contribution in [0, 0.1) is 10.1 Å². The van der Waals surface area contributed by atoms with Gasteiger partial charge in [0.05, 0.1) is 30.8 Å². The summed E-state index contributed by atoms with van der Waals surface area (Å²) in [5, 5.41) is 10.6. The molecule has 20 heavy (non-hydrogen) atoms. The highest BCUT2D eigenvalue weighted by molar-refractivity contribution is 7.91. The van der Waals surface area contributed by atoms with Gasteiger partial charge in [-0.2, -0.15) is 0 Å². The van der Waals surface area contributed by atoms with E-state index in [0.29, 0.717) is 31.2 Å². The van der Waals surface area contributed by atoms with Crippen LogP contribution in [0.3, 0.4) is 0 Å². The van der Waals surface area contributed by atoms with Crippen molar-refractivity contribution in [3.63, 3.8) is 0 Å². The molecule has 0 amide bonds. The number of hydrogen-bond acceptors (Lipinski definition) is 7. The Kier molecular flexibility index (Phi) is 4.94. The monoisotopic (exact) mass is 342 g/mol. The molecule has 2 rings (SSSR count). The molecule has 1 saturated heterocycles. The van der Waals surface area contributed by atoms with E-state index < -0.39 is 20.6 Å². The van der Waals surface area contributed by atoms with Crippen molar-refractivity contribution in [1.29, 1.82) is 0 Å². The molecular weight excluding hydrogens is 332 g/mol. The van der Waals surface area contributed by atoms with Crippen LogP contribution in [0.15, 0.2) is 10.3 Å². The molecule has 112 valence electrons. The van der Waals surface area contributed by atoms with Gasteiger partial charge in [0.1, 0.15) is 4.21 Å². The third-order valence-electron chi connectivity index (χ3n) is 2.49. The lowest BCUT2D eigenvalue weighted by Gasteiger charge is -2.22. The number of sulfonamides is 1. The molecule has 1 aromatic heterocycles. The van der Waals surface area contributed by atoms with E-state index >= 15 is 0 Å². The minimum absolute atomic E-state index is 0.0334. The standard InChI is InChI=1S/C9H11ClN2O6S2/c10-9-7(12(13)14)3-8(19-9)20(15,16)11-4-6-5-17-1-2-18-6/h3,6,11H,1-2,4-5H2. The highest BCUT2D eigenvalue weighted by atomic mass is 35.5. The van der Waals surface area contributed by atoms with Crippen LogP contribution < -0.4 is 4.72 Å². The average molecular weight is 343 g/mol. The summed E-state index contributed by atoms with van der Waals surface area (Å²) in [5.41, 5.74) is -0.422. The van der Waals surface area contributed by atoms with Crippen molar-refractivity contribution in [1.82, 2.24) is 4.72 Å². The zero-order valence-electron chi connectivity index (χ0n) is 10.1. The molecular formula is C9H11ClN2O6S2. The van der Waals surface area contributed by atoms with E-state index in [-0.39, 0.29) is 21.2 Å². The molecule has 1 unspecified atom stereocenters. The van der Waals surface area contributed by atoms with E-state index in [9.17, 15) is 18.5 Å². The van der Waals surface area contributed by atoms with E-state index in [0.717, 1.165) is 6.07 Å². The van der Waals surface area contributed by atoms with Gasteiger partial charge < -0.3 is 9.47 Å². The van der Waals surface area contributed by atoms with Gasteiger partial charge in [-0.25, -0.2) is 13.1 Å². The molecule has 0 spiro atoms. The summed E-state index contributed by atoms with van der Waals surface area (Å²) in [5.74, 6) is 0. The van der Waals surface area contributed by atoms with Crippen LogP contribution in [0.25, 0.3) is 0 Å². The Bertz CT molecular complexity index is 596. The zero-order chi connectivity index (χ0) is 14.8. The fraction of sp³-hybridized carbons (Fsp3) is 0.556. The predicted octanol–water partition coefficient (Wildman–Crippen LogP) is 1.00. The molecule has 1 aliphatic rings. The highest BCUT2D eigenvalue weighted by Crippen LogP contribution is 2.36. The summed E-state index contributed by atoms with van der Waals surface area (Å²) in [7, 11) is -3.85. The zero-order valence-corrected chi connectivity index (χ0v) is 12.5. The largest absolute Gasteiger partial charge is 0.376 e. The number of rotatable bonds is 5. The number of halogens is 1. The smallest absolute Gasteiger partial charge is 0.300 e. The van der Waals surface area contributed by atoms with Gasteiger partial charge in [-0.05, 0) is 0 Å². The Labute approximate surface area is 123 Å². The Hall–Kier alpha value is -0.780. The van der Waals surface area contributed by atoms with Gasteiger partial charge in [-0.1, -0.05) is 11.6 Å². The molecule has 1 atom stereocenters. The summed E-state index contributed by atoms with van der Waals surface area (Å²) in [6.45, 7) is 1.22. The van der Waals surface area contributed by atoms with Gasteiger partial charge in [-0.3, -0.25) is 10.1 Å². The van der Waals surface area contributed by atoms with Gasteiger partial charge in [0.2, 0.25) is 10.0 Å². The summed E-state index contributed by atoms with van der Waals surface area (Å²) >= 11 is 6.27. The van der Waals surface area contributed by atoms with Crippen molar-refractivity contribution in [2.45, 2.75) is 10.3 Å². The van der Waals surface area contributed by atoms with Crippen molar-refractivity contribution in [3.05, 3.63) is 20.5 Å². The first-order valence-corrected chi connectivity index (χ1v) is 8.20. The van der Waals surface area contributed by atoms with Crippen LogP contribution in [0.5, 0.6) is 0 Å². The van der Waals surface area contributed by atoms with Gasteiger partial charge >= 0.3 is 0 Å². The van der Waals surface area contributed by atoms with Crippen LogP contribution in [0.4, 0.5) is 5.69 Å². The summed E-state index contributed by atoms with van der Waals surface area (Å²) in [6.07, 6.45) is -0.371. The molecule has 1 aliphatic heterocycles. The topological polar surface area (TPSA) is 108 Å². The summed E-state index contributed by atoms with van der Waals surface area (Å²) in [6, 6.07) is 0.938. The van der Waals surface area contributed by atoms with Gasteiger partial charge in [0, 0.05) is 12.6 Å². The van der Waals surface area contributed by atoms with Crippen LogP contribution >= 0.6 is 22.9 Å². The Morgan fingerprint density at radius 2 is 2.30 bits per heavy atom. The van der Waals surface area contributed by atoms with Crippen LogP contribution in [0.2, 0.25) is 4.34 Å². The van der Waals surface area contributed by atoms with Gasteiger partial charge in [-0.15, -0.1) is 11.3 Å². The maximum absolute atomic E-state index is 12.0.